The molecule has 33 heavy (non-hydrogen) atoms. The summed E-state index contributed by atoms with van der Waals surface area (Å²) >= 11 is 6.47. The number of benzene rings is 2. The van der Waals surface area contributed by atoms with Crippen molar-refractivity contribution in [2.45, 2.75) is 26.9 Å². The topological polar surface area (TPSA) is 82.4 Å². The number of para-hydroxylation sites is 1. The number of nitrogens with one attached hydrogen (secondary N) is 1. The summed E-state index contributed by atoms with van der Waals surface area (Å²) in [6.07, 6.45) is 2.78. The molecule has 8 heteroatoms. The zero-order chi connectivity index (χ0) is 23.8. The molecule has 3 aromatic rings. The van der Waals surface area contributed by atoms with E-state index in [4.69, 9.17) is 21.1 Å². The zero-order valence-corrected chi connectivity index (χ0v) is 19.6. The predicted octanol–water partition coefficient (Wildman–Crippen LogP) is 4.08. The molecule has 0 fully saturated rings. The second kappa shape index (κ2) is 11.3. The highest BCUT2D eigenvalue weighted by Gasteiger charge is 2.13. The van der Waals surface area contributed by atoms with Crippen molar-refractivity contribution in [3.63, 3.8) is 0 Å². The van der Waals surface area contributed by atoms with Crippen molar-refractivity contribution in [2.24, 2.45) is 0 Å². The highest BCUT2D eigenvalue weighted by molar-refractivity contribution is 6.31. The third-order valence-electron chi connectivity index (χ3n) is 4.96. The number of esters is 1. The molecule has 0 radical (unpaired) electrons. The Hall–Kier alpha value is -3.58. The molecular weight excluding hydrogens is 442 g/mol. The molecule has 1 N–H and O–H groups in total. The van der Waals surface area contributed by atoms with Crippen molar-refractivity contribution in [1.29, 1.82) is 0 Å². The van der Waals surface area contributed by atoms with E-state index in [1.54, 1.807) is 17.9 Å². The van der Waals surface area contributed by atoms with Gasteiger partial charge in [-0.15, -0.1) is 0 Å². The molecule has 0 aliphatic carbocycles. The van der Waals surface area contributed by atoms with Crippen molar-refractivity contribution >= 4 is 29.6 Å². The summed E-state index contributed by atoms with van der Waals surface area (Å²) in [5.74, 6) is -0.389. The van der Waals surface area contributed by atoms with Crippen LogP contribution in [0.25, 0.3) is 6.08 Å². The summed E-state index contributed by atoms with van der Waals surface area (Å²) in [5.41, 5.74) is 4.38. The van der Waals surface area contributed by atoms with Gasteiger partial charge in [0, 0.05) is 23.7 Å². The number of ether oxygens (including phenoxy) is 2. The maximum Gasteiger partial charge on any atom is 0.331 e. The number of hydrogen-bond acceptors (Lipinski definition) is 5. The Morgan fingerprint density at radius 1 is 1.12 bits per heavy atom. The molecule has 0 saturated carbocycles. The lowest BCUT2D eigenvalue weighted by molar-refractivity contribution is -0.143. The van der Waals surface area contributed by atoms with E-state index in [1.807, 2.05) is 62.4 Å². The van der Waals surface area contributed by atoms with Crippen molar-refractivity contribution < 1.29 is 19.1 Å². The molecule has 3 rings (SSSR count). The van der Waals surface area contributed by atoms with Crippen LogP contribution in [-0.4, -0.2) is 35.4 Å². The van der Waals surface area contributed by atoms with E-state index in [-0.39, 0.29) is 6.54 Å². The molecule has 1 aromatic heterocycles. The molecule has 172 valence electrons. The van der Waals surface area contributed by atoms with Crippen LogP contribution in [0, 0.1) is 13.8 Å². The van der Waals surface area contributed by atoms with Crippen molar-refractivity contribution in [3.05, 3.63) is 87.7 Å². The van der Waals surface area contributed by atoms with Crippen LogP contribution in [0.5, 0.6) is 5.75 Å². The summed E-state index contributed by atoms with van der Waals surface area (Å²) in [6.45, 7) is 4.24. The molecule has 0 aliphatic rings. The van der Waals surface area contributed by atoms with Gasteiger partial charge in [0.05, 0.1) is 19.3 Å². The number of nitrogens with zero attached hydrogens (tertiary/aromatic N) is 2. The van der Waals surface area contributed by atoms with Gasteiger partial charge in [0.2, 0.25) is 0 Å². The summed E-state index contributed by atoms with van der Waals surface area (Å²) < 4.78 is 11.9. The number of amides is 1. The van der Waals surface area contributed by atoms with Crippen LogP contribution in [0.3, 0.4) is 0 Å². The van der Waals surface area contributed by atoms with Gasteiger partial charge in [-0.05, 0) is 31.6 Å². The fraction of sp³-hybridized carbons (Fsp3) is 0.240. The van der Waals surface area contributed by atoms with Gasteiger partial charge in [-0.1, -0.05) is 59.6 Å². The highest BCUT2D eigenvalue weighted by atomic mass is 35.5. The number of aromatic nitrogens is 2. The molecule has 0 aliphatic heterocycles. The highest BCUT2D eigenvalue weighted by Crippen LogP contribution is 2.22. The molecule has 7 nitrogen and oxygen atoms in total. The third-order valence-corrected chi connectivity index (χ3v) is 5.36. The van der Waals surface area contributed by atoms with E-state index >= 15 is 0 Å². The Bertz CT molecular complexity index is 1150. The number of methoxy groups -OCH3 is 1. The monoisotopic (exact) mass is 467 g/mol. The standard InChI is InChI=1S/C25H26ClN3O4/c1-17-8-10-19(11-9-17)15-29-25(26)21(18(2)28-29)12-13-24(31)33-16-23(30)27-14-20-6-4-5-7-22(20)32-3/h4-13H,14-16H2,1-3H3,(H,27,30)/b13-12+. The fourth-order valence-electron chi connectivity index (χ4n) is 3.16. The molecule has 0 atom stereocenters. The van der Waals surface area contributed by atoms with Gasteiger partial charge in [-0.3, -0.25) is 4.79 Å². The second-order valence-electron chi connectivity index (χ2n) is 7.46. The van der Waals surface area contributed by atoms with Gasteiger partial charge in [0.15, 0.2) is 6.61 Å². The van der Waals surface area contributed by atoms with Gasteiger partial charge < -0.3 is 14.8 Å². The quantitative estimate of drug-likeness (QED) is 0.378. The van der Waals surface area contributed by atoms with E-state index < -0.39 is 18.5 Å². The number of carbonyl (C=O) groups is 2. The molecule has 0 bridgehead atoms. The molecule has 0 unspecified atom stereocenters. The first-order chi connectivity index (χ1) is 15.9. The maximum absolute atomic E-state index is 12.1. The molecule has 2 aromatic carbocycles. The molecule has 0 spiro atoms. The third kappa shape index (κ3) is 6.70. The lowest BCUT2D eigenvalue weighted by Gasteiger charge is -2.09. The van der Waals surface area contributed by atoms with Gasteiger partial charge in [-0.25, -0.2) is 9.48 Å². The van der Waals surface area contributed by atoms with Crippen LogP contribution >= 0.6 is 11.6 Å². The lowest BCUT2D eigenvalue weighted by atomic mass is 10.1. The molecule has 1 amide bonds. The van der Waals surface area contributed by atoms with E-state index in [0.29, 0.717) is 28.7 Å². The minimum absolute atomic E-state index is 0.269. The van der Waals surface area contributed by atoms with Gasteiger partial charge in [0.1, 0.15) is 10.9 Å². The Morgan fingerprint density at radius 3 is 2.58 bits per heavy atom. The van der Waals surface area contributed by atoms with Crippen LogP contribution < -0.4 is 10.1 Å². The summed E-state index contributed by atoms with van der Waals surface area (Å²) in [4.78, 5) is 24.1. The zero-order valence-electron chi connectivity index (χ0n) is 18.8. The minimum Gasteiger partial charge on any atom is -0.496 e. The Morgan fingerprint density at radius 2 is 1.85 bits per heavy atom. The molecule has 1 heterocycles. The van der Waals surface area contributed by atoms with Crippen LogP contribution in [0.4, 0.5) is 0 Å². The summed E-state index contributed by atoms with van der Waals surface area (Å²) in [7, 11) is 1.56. The average Bonchev–Trinajstić information content (AvgIpc) is 3.08. The molecule has 0 saturated heterocycles. The van der Waals surface area contributed by atoms with Crippen LogP contribution in [0.2, 0.25) is 5.15 Å². The number of aryl methyl sites for hydroxylation is 2. The second-order valence-corrected chi connectivity index (χ2v) is 7.82. The number of halogens is 1. The first-order valence-electron chi connectivity index (χ1n) is 10.4. The van der Waals surface area contributed by atoms with Crippen LogP contribution in [0.1, 0.15) is 27.9 Å². The van der Waals surface area contributed by atoms with E-state index in [9.17, 15) is 9.59 Å². The largest absolute Gasteiger partial charge is 0.496 e. The number of rotatable bonds is 9. The van der Waals surface area contributed by atoms with Crippen molar-refractivity contribution in [2.75, 3.05) is 13.7 Å². The Kier molecular flexibility index (Phi) is 8.27. The smallest absolute Gasteiger partial charge is 0.331 e. The van der Waals surface area contributed by atoms with Crippen molar-refractivity contribution in [3.8, 4) is 5.75 Å². The summed E-state index contributed by atoms with van der Waals surface area (Å²) in [5, 5.41) is 7.57. The Balaban J connectivity index is 1.52. The van der Waals surface area contributed by atoms with Gasteiger partial charge in [0.25, 0.3) is 5.91 Å². The fourth-order valence-corrected chi connectivity index (χ4v) is 3.46. The van der Waals surface area contributed by atoms with Crippen LogP contribution in [-0.2, 0) is 27.4 Å². The predicted molar refractivity (Wildman–Crippen MR) is 127 cm³/mol. The number of carbonyl (C=O) groups excluding carboxylic acids is 2. The SMILES string of the molecule is COc1ccccc1CNC(=O)COC(=O)/C=C/c1c(C)nn(Cc2ccc(C)cc2)c1Cl. The first kappa shape index (κ1) is 24.1. The van der Waals surface area contributed by atoms with Gasteiger partial charge in [-0.2, -0.15) is 5.10 Å². The number of hydrogen-bond donors (Lipinski definition) is 1. The average molecular weight is 468 g/mol. The van der Waals surface area contributed by atoms with Gasteiger partial charge >= 0.3 is 5.97 Å². The maximum atomic E-state index is 12.1. The lowest BCUT2D eigenvalue weighted by Crippen LogP contribution is -2.28. The summed E-state index contributed by atoms with van der Waals surface area (Å²) in [6, 6.07) is 15.5. The minimum atomic E-state index is -0.649. The Labute approximate surface area is 198 Å². The van der Waals surface area contributed by atoms with E-state index in [0.717, 1.165) is 11.1 Å². The van der Waals surface area contributed by atoms with E-state index in [1.165, 1.54) is 11.6 Å². The molecular formula is C25H26ClN3O4. The van der Waals surface area contributed by atoms with Crippen LogP contribution in [0.15, 0.2) is 54.6 Å². The normalized spacial score (nSPS) is 10.9. The van der Waals surface area contributed by atoms with Crippen molar-refractivity contribution in [1.82, 2.24) is 15.1 Å². The van der Waals surface area contributed by atoms with E-state index in [2.05, 4.69) is 10.4 Å². The first-order valence-corrected chi connectivity index (χ1v) is 10.8.